The summed E-state index contributed by atoms with van der Waals surface area (Å²) in [5.74, 6) is 0.176. The maximum absolute atomic E-state index is 5.21. The molecule has 0 amide bonds. The van der Waals surface area contributed by atoms with Crippen LogP contribution in [0.1, 0.15) is 23.5 Å². The summed E-state index contributed by atoms with van der Waals surface area (Å²) in [6.45, 7) is 2.73. The number of nitrogens with two attached hydrogens (primary N) is 2. The second-order valence-electron chi connectivity index (χ2n) is 3.15. The molecule has 0 aliphatic rings. The molecule has 1 rings (SSSR count). The van der Waals surface area contributed by atoms with Gasteiger partial charge in [-0.25, -0.2) is 4.98 Å². The highest BCUT2D eigenvalue weighted by molar-refractivity contribution is 7.09. The molecule has 1 aromatic heterocycles. The van der Waals surface area contributed by atoms with Crippen molar-refractivity contribution in [2.24, 2.45) is 16.5 Å². The number of hydrogen-bond acceptors (Lipinski definition) is 3. The third-order valence-corrected chi connectivity index (χ3v) is 2.79. The molecule has 0 radical (unpaired) electrons. The monoisotopic (exact) mass is 212 g/mol. The Kier molecular flexibility index (Phi) is 4.39. The van der Waals surface area contributed by atoms with Gasteiger partial charge in [0.25, 0.3) is 0 Å². The van der Waals surface area contributed by atoms with Gasteiger partial charge in [-0.2, -0.15) is 0 Å². The van der Waals surface area contributed by atoms with Crippen molar-refractivity contribution in [3.05, 3.63) is 16.1 Å². The number of thiazole rings is 1. The van der Waals surface area contributed by atoms with Gasteiger partial charge in [-0.1, -0.05) is 0 Å². The SMILES string of the molecule is Cc1csc(CCCCN=C(N)N)n1. The molecule has 0 saturated carbocycles. The fourth-order valence-corrected chi connectivity index (χ4v) is 1.93. The van der Waals surface area contributed by atoms with Crippen LogP contribution in [0.4, 0.5) is 0 Å². The van der Waals surface area contributed by atoms with Crippen LogP contribution in [0.15, 0.2) is 10.4 Å². The lowest BCUT2D eigenvalue weighted by Crippen LogP contribution is -2.22. The van der Waals surface area contributed by atoms with E-state index in [1.807, 2.05) is 6.92 Å². The predicted octanol–water partition coefficient (Wildman–Crippen LogP) is 1.05. The number of aliphatic imine (C=N–C) groups is 1. The Balaban J connectivity index is 2.13. The largest absolute Gasteiger partial charge is 0.370 e. The van der Waals surface area contributed by atoms with Crippen LogP contribution in [-0.2, 0) is 6.42 Å². The van der Waals surface area contributed by atoms with Gasteiger partial charge in [0.2, 0.25) is 0 Å². The van der Waals surface area contributed by atoms with Crippen molar-refractivity contribution < 1.29 is 0 Å². The summed E-state index contributed by atoms with van der Waals surface area (Å²) in [7, 11) is 0. The van der Waals surface area contributed by atoms with Gasteiger partial charge < -0.3 is 11.5 Å². The minimum Gasteiger partial charge on any atom is -0.370 e. The molecule has 5 heteroatoms. The van der Waals surface area contributed by atoms with Crippen LogP contribution in [0, 0.1) is 6.92 Å². The standard InChI is InChI=1S/C9H16N4S/c1-7-6-14-8(13-7)4-2-3-5-12-9(10)11/h6H,2-5H2,1H3,(H4,10,11,12). The molecule has 0 saturated heterocycles. The number of aryl methyl sites for hydroxylation is 2. The van der Waals surface area contributed by atoms with Gasteiger partial charge in [0.15, 0.2) is 5.96 Å². The normalized spacial score (nSPS) is 10.1. The second-order valence-corrected chi connectivity index (χ2v) is 4.09. The molecule has 0 aromatic carbocycles. The summed E-state index contributed by atoms with van der Waals surface area (Å²) < 4.78 is 0. The summed E-state index contributed by atoms with van der Waals surface area (Å²) in [5.41, 5.74) is 11.5. The Bertz CT molecular complexity index is 302. The van der Waals surface area contributed by atoms with Gasteiger partial charge in [-0.05, 0) is 26.2 Å². The molecule has 14 heavy (non-hydrogen) atoms. The number of nitrogens with zero attached hydrogens (tertiary/aromatic N) is 2. The Morgan fingerprint density at radius 1 is 1.50 bits per heavy atom. The summed E-state index contributed by atoms with van der Waals surface area (Å²) in [6, 6.07) is 0. The van der Waals surface area contributed by atoms with Crippen molar-refractivity contribution in [3.63, 3.8) is 0 Å². The Morgan fingerprint density at radius 2 is 2.29 bits per heavy atom. The van der Waals surface area contributed by atoms with E-state index >= 15 is 0 Å². The van der Waals surface area contributed by atoms with Crippen LogP contribution in [-0.4, -0.2) is 17.5 Å². The van der Waals surface area contributed by atoms with Gasteiger partial charge in [0.1, 0.15) is 0 Å². The van der Waals surface area contributed by atoms with E-state index in [1.54, 1.807) is 11.3 Å². The number of unbranched alkanes of at least 4 members (excludes halogenated alkanes) is 1. The highest BCUT2D eigenvalue weighted by Gasteiger charge is 1.97. The summed E-state index contributed by atoms with van der Waals surface area (Å²) in [6.07, 6.45) is 3.12. The van der Waals surface area contributed by atoms with Crippen molar-refractivity contribution in [1.82, 2.24) is 4.98 Å². The predicted molar refractivity (Wildman–Crippen MR) is 60.5 cm³/mol. The fourth-order valence-electron chi connectivity index (χ4n) is 1.11. The van der Waals surface area contributed by atoms with Crippen LogP contribution in [0.3, 0.4) is 0 Å². The quantitative estimate of drug-likeness (QED) is 0.435. The Hall–Kier alpha value is -1.10. The van der Waals surface area contributed by atoms with Crippen LogP contribution < -0.4 is 11.5 Å². The average Bonchev–Trinajstić information content (AvgIpc) is 2.50. The minimum absolute atomic E-state index is 0.176. The van der Waals surface area contributed by atoms with E-state index in [1.165, 1.54) is 5.01 Å². The van der Waals surface area contributed by atoms with Gasteiger partial charge in [0, 0.05) is 17.6 Å². The van der Waals surface area contributed by atoms with Crippen LogP contribution in [0.25, 0.3) is 0 Å². The van der Waals surface area contributed by atoms with E-state index in [9.17, 15) is 0 Å². The lowest BCUT2D eigenvalue weighted by atomic mass is 10.2. The summed E-state index contributed by atoms with van der Waals surface area (Å²) in [4.78, 5) is 8.29. The van der Waals surface area contributed by atoms with Gasteiger partial charge >= 0.3 is 0 Å². The highest BCUT2D eigenvalue weighted by atomic mass is 32.1. The van der Waals surface area contributed by atoms with Crippen molar-refractivity contribution in [2.75, 3.05) is 6.54 Å². The summed E-state index contributed by atoms with van der Waals surface area (Å²) >= 11 is 1.72. The first-order valence-electron chi connectivity index (χ1n) is 4.65. The van der Waals surface area contributed by atoms with Crippen molar-refractivity contribution >= 4 is 17.3 Å². The van der Waals surface area contributed by atoms with Crippen molar-refractivity contribution in [1.29, 1.82) is 0 Å². The van der Waals surface area contributed by atoms with E-state index in [4.69, 9.17) is 11.5 Å². The zero-order chi connectivity index (χ0) is 10.4. The Labute approximate surface area is 88.1 Å². The van der Waals surface area contributed by atoms with Gasteiger partial charge in [0.05, 0.1) is 5.01 Å². The van der Waals surface area contributed by atoms with Gasteiger partial charge in [-0.3, -0.25) is 4.99 Å². The molecule has 0 fully saturated rings. The van der Waals surface area contributed by atoms with Crippen LogP contribution >= 0.6 is 11.3 Å². The molecule has 1 aromatic rings. The molecule has 78 valence electrons. The maximum atomic E-state index is 5.21. The third-order valence-electron chi connectivity index (χ3n) is 1.76. The molecule has 0 aliphatic heterocycles. The molecule has 0 spiro atoms. The minimum atomic E-state index is 0.176. The molecule has 0 unspecified atom stereocenters. The topological polar surface area (TPSA) is 77.3 Å². The summed E-state index contributed by atoms with van der Waals surface area (Å²) in [5, 5.41) is 3.28. The van der Waals surface area contributed by atoms with E-state index in [-0.39, 0.29) is 5.96 Å². The molecular formula is C9H16N4S. The smallest absolute Gasteiger partial charge is 0.185 e. The number of guanidine groups is 1. The lowest BCUT2D eigenvalue weighted by Gasteiger charge is -1.95. The van der Waals surface area contributed by atoms with E-state index < -0.39 is 0 Å². The number of rotatable bonds is 5. The number of aromatic nitrogens is 1. The molecule has 1 heterocycles. The molecular weight excluding hydrogens is 196 g/mol. The molecule has 4 nitrogen and oxygen atoms in total. The second kappa shape index (κ2) is 5.59. The van der Waals surface area contributed by atoms with E-state index in [0.717, 1.165) is 25.0 Å². The molecule has 4 N–H and O–H groups in total. The first kappa shape index (κ1) is 11.0. The zero-order valence-corrected chi connectivity index (χ0v) is 9.18. The molecule has 0 aliphatic carbocycles. The number of hydrogen-bond donors (Lipinski definition) is 2. The zero-order valence-electron chi connectivity index (χ0n) is 8.36. The van der Waals surface area contributed by atoms with Crippen LogP contribution in [0.5, 0.6) is 0 Å². The van der Waals surface area contributed by atoms with Crippen molar-refractivity contribution in [2.45, 2.75) is 26.2 Å². The first-order valence-corrected chi connectivity index (χ1v) is 5.53. The lowest BCUT2D eigenvalue weighted by molar-refractivity contribution is 0.740. The van der Waals surface area contributed by atoms with Crippen LogP contribution in [0.2, 0.25) is 0 Å². The van der Waals surface area contributed by atoms with Crippen molar-refractivity contribution in [3.8, 4) is 0 Å². The fraction of sp³-hybridized carbons (Fsp3) is 0.556. The van der Waals surface area contributed by atoms with E-state index in [0.29, 0.717) is 6.54 Å². The average molecular weight is 212 g/mol. The van der Waals surface area contributed by atoms with Gasteiger partial charge in [-0.15, -0.1) is 11.3 Å². The molecule has 0 atom stereocenters. The first-order chi connectivity index (χ1) is 6.68. The molecule has 0 bridgehead atoms. The third kappa shape index (κ3) is 4.23. The Morgan fingerprint density at radius 3 is 2.86 bits per heavy atom. The maximum Gasteiger partial charge on any atom is 0.185 e. The van der Waals surface area contributed by atoms with E-state index in [2.05, 4.69) is 15.4 Å². The highest BCUT2D eigenvalue weighted by Crippen LogP contribution is 2.11.